The Morgan fingerprint density at radius 3 is 2.38 bits per heavy atom. The number of aryl methyl sites for hydroxylation is 1. The van der Waals surface area contributed by atoms with Crippen molar-refractivity contribution in [1.82, 2.24) is 4.72 Å². The summed E-state index contributed by atoms with van der Waals surface area (Å²) in [6.07, 6.45) is 6.71. The number of nitrogens with one attached hydrogen (secondary N) is 1. The van der Waals surface area contributed by atoms with E-state index in [1.165, 1.54) is 0 Å². The van der Waals surface area contributed by atoms with Crippen LogP contribution in [0.25, 0.3) is 11.1 Å². The number of carbonyl (C=O) groups is 1. The summed E-state index contributed by atoms with van der Waals surface area (Å²) in [5.74, 6) is -0.799. The highest BCUT2D eigenvalue weighted by molar-refractivity contribution is 7.89. The highest BCUT2D eigenvalue weighted by atomic mass is 32.2. The van der Waals surface area contributed by atoms with Crippen LogP contribution in [0.3, 0.4) is 0 Å². The van der Waals surface area contributed by atoms with E-state index in [0.717, 1.165) is 28.7 Å². The van der Waals surface area contributed by atoms with Gasteiger partial charge in [0.05, 0.1) is 23.6 Å². The van der Waals surface area contributed by atoms with E-state index < -0.39 is 16.0 Å². The van der Waals surface area contributed by atoms with Gasteiger partial charge in [-0.15, -0.1) is 0 Å². The average Bonchev–Trinajstić information content (AvgIpc) is 3.50. The van der Waals surface area contributed by atoms with E-state index in [-0.39, 0.29) is 34.8 Å². The first-order valence-electron chi connectivity index (χ1n) is 13.5. The molecule has 2 bridgehead atoms. The van der Waals surface area contributed by atoms with Crippen LogP contribution in [0.4, 0.5) is 0 Å². The number of benzene rings is 3. The summed E-state index contributed by atoms with van der Waals surface area (Å²) in [7, 11) is -3.74. The lowest BCUT2D eigenvalue weighted by molar-refractivity contribution is -0.137. The normalized spacial score (nSPS) is 24.4. The second kappa shape index (κ2) is 11.5. The largest absolute Gasteiger partial charge is 0.481 e. The van der Waals surface area contributed by atoms with Crippen molar-refractivity contribution in [3.8, 4) is 11.1 Å². The van der Waals surface area contributed by atoms with Crippen molar-refractivity contribution in [2.75, 3.05) is 6.61 Å². The van der Waals surface area contributed by atoms with Crippen molar-refractivity contribution in [3.05, 3.63) is 102 Å². The Morgan fingerprint density at radius 2 is 1.69 bits per heavy atom. The third kappa shape index (κ3) is 5.86. The quantitative estimate of drug-likeness (QED) is 0.232. The van der Waals surface area contributed by atoms with Crippen LogP contribution in [0.1, 0.15) is 43.2 Å². The van der Waals surface area contributed by atoms with Gasteiger partial charge in [-0.2, -0.15) is 0 Å². The molecule has 0 radical (unpaired) electrons. The number of unbranched alkanes of at least 4 members (excludes halogenated alkanes) is 1. The molecule has 0 spiro atoms. The van der Waals surface area contributed by atoms with E-state index in [4.69, 9.17) is 9.84 Å². The zero-order valence-electron chi connectivity index (χ0n) is 22.1. The summed E-state index contributed by atoms with van der Waals surface area (Å²) in [5, 5.41) is 8.92. The summed E-state index contributed by atoms with van der Waals surface area (Å²) < 4.78 is 36.0. The van der Waals surface area contributed by atoms with Crippen molar-refractivity contribution in [2.45, 2.75) is 61.5 Å². The van der Waals surface area contributed by atoms with Gasteiger partial charge in [-0.1, -0.05) is 84.4 Å². The van der Waals surface area contributed by atoms with Crippen LogP contribution in [-0.2, 0) is 25.0 Å². The molecule has 1 saturated heterocycles. The SMILES string of the molecule is Cc1ccc(S(=O)(=O)N[C@@H]2[C@@H]3C[C@@](c4ccc(-c5ccccc5)cc4)(CO3)[C@H]2C/C=C\CCCC(=O)O)cc1. The van der Waals surface area contributed by atoms with Gasteiger partial charge in [0.15, 0.2) is 0 Å². The molecule has 0 unspecified atom stereocenters. The average molecular weight is 546 g/mol. The number of hydrogen-bond acceptors (Lipinski definition) is 4. The molecule has 2 aliphatic rings. The molecule has 2 N–H and O–H groups in total. The summed E-state index contributed by atoms with van der Waals surface area (Å²) in [6.45, 7) is 2.47. The fraction of sp³-hybridized carbons (Fsp3) is 0.344. The van der Waals surface area contributed by atoms with Gasteiger partial charge in [0.1, 0.15) is 0 Å². The van der Waals surface area contributed by atoms with Gasteiger partial charge < -0.3 is 9.84 Å². The highest BCUT2D eigenvalue weighted by Crippen LogP contribution is 2.54. The lowest BCUT2D eigenvalue weighted by Crippen LogP contribution is -2.51. The second-order valence-corrected chi connectivity index (χ2v) is 12.4. The molecule has 204 valence electrons. The van der Waals surface area contributed by atoms with E-state index in [9.17, 15) is 13.2 Å². The molecule has 2 fully saturated rings. The van der Waals surface area contributed by atoms with Gasteiger partial charge in [0, 0.05) is 11.8 Å². The number of carboxylic acid groups (broad SMARTS) is 1. The second-order valence-electron chi connectivity index (χ2n) is 10.7. The molecular weight excluding hydrogens is 510 g/mol. The molecule has 39 heavy (non-hydrogen) atoms. The molecule has 4 atom stereocenters. The van der Waals surface area contributed by atoms with Crippen LogP contribution in [0, 0.1) is 12.8 Å². The van der Waals surface area contributed by atoms with Crippen molar-refractivity contribution < 1.29 is 23.1 Å². The molecular formula is C32H35NO5S. The van der Waals surface area contributed by atoms with E-state index in [2.05, 4.69) is 47.2 Å². The minimum absolute atomic E-state index is 0.00484. The predicted molar refractivity (Wildman–Crippen MR) is 152 cm³/mol. The summed E-state index contributed by atoms with van der Waals surface area (Å²) in [4.78, 5) is 11.1. The lowest BCUT2D eigenvalue weighted by Gasteiger charge is -2.39. The minimum atomic E-state index is -3.74. The third-order valence-electron chi connectivity index (χ3n) is 8.17. The topological polar surface area (TPSA) is 92.7 Å². The van der Waals surface area contributed by atoms with Crippen molar-refractivity contribution in [3.63, 3.8) is 0 Å². The number of rotatable bonds is 11. The third-order valence-corrected chi connectivity index (χ3v) is 9.65. The fourth-order valence-electron chi connectivity index (χ4n) is 6.09. The highest BCUT2D eigenvalue weighted by Gasteiger charge is 2.60. The Kier molecular flexibility index (Phi) is 8.03. The number of allylic oxidation sites excluding steroid dienone is 2. The minimum Gasteiger partial charge on any atom is -0.481 e. The monoisotopic (exact) mass is 545 g/mol. The van der Waals surface area contributed by atoms with Gasteiger partial charge in [-0.05, 0) is 67.3 Å². The van der Waals surface area contributed by atoms with Crippen LogP contribution in [0.2, 0.25) is 0 Å². The zero-order valence-corrected chi connectivity index (χ0v) is 22.9. The number of ether oxygens (including phenoxy) is 1. The Labute approximate surface area is 230 Å². The molecule has 0 amide bonds. The van der Waals surface area contributed by atoms with Crippen molar-refractivity contribution in [1.29, 1.82) is 0 Å². The molecule has 0 aromatic heterocycles. The molecule has 6 nitrogen and oxygen atoms in total. The number of hydrogen-bond donors (Lipinski definition) is 2. The molecule has 1 heterocycles. The van der Waals surface area contributed by atoms with Crippen LogP contribution >= 0.6 is 0 Å². The van der Waals surface area contributed by atoms with Crippen LogP contribution in [0.5, 0.6) is 0 Å². The maximum absolute atomic E-state index is 13.4. The maximum Gasteiger partial charge on any atom is 0.303 e. The molecule has 5 rings (SSSR count). The molecule has 7 heteroatoms. The van der Waals surface area contributed by atoms with Gasteiger partial charge in [-0.25, -0.2) is 13.1 Å². The first-order valence-corrected chi connectivity index (χ1v) is 15.0. The first-order chi connectivity index (χ1) is 18.8. The smallest absolute Gasteiger partial charge is 0.303 e. The number of fused-ring (bicyclic) bond motifs is 2. The molecule has 3 aromatic carbocycles. The van der Waals surface area contributed by atoms with Crippen molar-refractivity contribution in [2.24, 2.45) is 5.92 Å². The molecule has 1 aliphatic heterocycles. The predicted octanol–water partition coefficient (Wildman–Crippen LogP) is 5.87. The molecule has 3 aromatic rings. The Bertz CT molecular complexity index is 1420. The summed E-state index contributed by atoms with van der Waals surface area (Å²) in [5.41, 5.74) is 4.13. The maximum atomic E-state index is 13.4. The van der Waals surface area contributed by atoms with E-state index in [1.54, 1.807) is 24.3 Å². The Balaban J connectivity index is 1.42. The Hall–Kier alpha value is -3.26. The summed E-state index contributed by atoms with van der Waals surface area (Å²) in [6, 6.07) is 25.3. The Morgan fingerprint density at radius 1 is 1.00 bits per heavy atom. The van der Waals surface area contributed by atoms with Gasteiger partial charge in [-0.3, -0.25) is 4.79 Å². The fourth-order valence-corrected chi connectivity index (χ4v) is 7.40. The van der Waals surface area contributed by atoms with Crippen LogP contribution < -0.4 is 4.72 Å². The van der Waals surface area contributed by atoms with E-state index in [0.29, 0.717) is 25.9 Å². The van der Waals surface area contributed by atoms with E-state index >= 15 is 0 Å². The van der Waals surface area contributed by atoms with Crippen LogP contribution in [0.15, 0.2) is 95.9 Å². The molecule has 1 saturated carbocycles. The number of aliphatic carboxylic acids is 1. The van der Waals surface area contributed by atoms with Gasteiger partial charge >= 0.3 is 5.97 Å². The lowest BCUT2D eigenvalue weighted by atomic mass is 9.70. The van der Waals surface area contributed by atoms with E-state index in [1.807, 2.05) is 31.2 Å². The van der Waals surface area contributed by atoms with Gasteiger partial charge in [0.25, 0.3) is 0 Å². The standard InChI is InChI=1S/C32H35NO5S/c1-23-13-19-27(20-14-23)39(36,37)33-31-28(11-7-2-3-8-12-30(34)35)32(21-29(31)38-22-32)26-17-15-25(16-18-26)24-9-5-4-6-10-24/h2,4-7,9-10,13-20,28-29,31,33H,3,8,11-12,21-22H2,1H3,(H,34,35)/b7-2-/t28-,29-,31-,32-/m0/s1. The van der Waals surface area contributed by atoms with Crippen LogP contribution in [-0.4, -0.2) is 38.2 Å². The summed E-state index contributed by atoms with van der Waals surface area (Å²) >= 11 is 0. The van der Waals surface area contributed by atoms with Crippen molar-refractivity contribution >= 4 is 16.0 Å². The zero-order chi connectivity index (χ0) is 27.5. The first kappa shape index (κ1) is 27.3. The number of sulfonamides is 1. The number of carboxylic acids is 1. The van der Waals surface area contributed by atoms with Gasteiger partial charge in [0.2, 0.25) is 10.0 Å². The molecule has 1 aliphatic carbocycles.